The summed E-state index contributed by atoms with van der Waals surface area (Å²) >= 11 is 0. The number of aliphatic imine (C=N–C) groups is 1. The molecule has 0 aromatic carbocycles. The first-order chi connectivity index (χ1) is 13.1. The third-order valence-electron chi connectivity index (χ3n) is 5.76. The van der Waals surface area contributed by atoms with Crippen LogP contribution in [0.5, 0.6) is 0 Å². The van der Waals surface area contributed by atoms with Gasteiger partial charge in [-0.3, -0.25) is 0 Å². The molecule has 1 aliphatic carbocycles. The number of nitrogens with one attached hydrogen (secondary N) is 2. The molecule has 1 saturated heterocycles. The molecular formula is C21H36N6. The van der Waals surface area contributed by atoms with E-state index in [1.165, 1.54) is 31.2 Å². The summed E-state index contributed by atoms with van der Waals surface area (Å²) in [5, 5.41) is 7.04. The number of pyridine rings is 1. The maximum atomic E-state index is 4.84. The minimum atomic E-state index is 0.553. The summed E-state index contributed by atoms with van der Waals surface area (Å²) in [5.74, 6) is 2.89. The zero-order valence-electron chi connectivity index (χ0n) is 17.2. The average molecular weight is 373 g/mol. The minimum absolute atomic E-state index is 0.553. The predicted octanol–water partition coefficient (Wildman–Crippen LogP) is 2.47. The summed E-state index contributed by atoms with van der Waals surface area (Å²) in [6.07, 6.45) is 7.04. The third-order valence-corrected chi connectivity index (χ3v) is 5.76. The summed E-state index contributed by atoms with van der Waals surface area (Å²) in [7, 11) is 2.18. The molecule has 2 aliphatic rings. The fourth-order valence-electron chi connectivity index (χ4n) is 3.86. The Morgan fingerprint density at radius 1 is 1.19 bits per heavy atom. The highest BCUT2D eigenvalue weighted by atomic mass is 15.3. The molecule has 27 heavy (non-hydrogen) atoms. The fourth-order valence-corrected chi connectivity index (χ4v) is 3.86. The van der Waals surface area contributed by atoms with Gasteiger partial charge < -0.3 is 20.4 Å². The Morgan fingerprint density at radius 2 is 1.93 bits per heavy atom. The van der Waals surface area contributed by atoms with Crippen molar-refractivity contribution in [3.63, 3.8) is 0 Å². The number of nitrogens with zero attached hydrogens (tertiary/aromatic N) is 4. The molecular weight excluding hydrogens is 336 g/mol. The first-order valence-electron chi connectivity index (χ1n) is 10.6. The van der Waals surface area contributed by atoms with E-state index in [2.05, 4.69) is 58.4 Å². The van der Waals surface area contributed by atoms with E-state index in [1.54, 1.807) is 0 Å². The standard InChI is InChI=1S/C21H36N6/c1-4-22-21(25-19-7-5-17(2)6-8-19)24-16-18-9-10-23-20(15-18)27-13-11-26(3)12-14-27/h9-10,15,17,19H,4-8,11-14,16H2,1-3H3,(H2,22,24,25). The van der Waals surface area contributed by atoms with Crippen LogP contribution in [-0.4, -0.2) is 61.7 Å². The minimum Gasteiger partial charge on any atom is -0.357 e. The fraction of sp³-hybridized carbons (Fsp3) is 0.714. The quantitative estimate of drug-likeness (QED) is 0.614. The first-order valence-corrected chi connectivity index (χ1v) is 10.6. The lowest BCUT2D eigenvalue weighted by molar-refractivity contribution is 0.312. The predicted molar refractivity (Wildman–Crippen MR) is 113 cm³/mol. The summed E-state index contributed by atoms with van der Waals surface area (Å²) in [4.78, 5) is 14.2. The lowest BCUT2D eigenvalue weighted by atomic mass is 9.87. The van der Waals surface area contributed by atoms with Crippen LogP contribution < -0.4 is 15.5 Å². The molecule has 6 nitrogen and oxygen atoms in total. The summed E-state index contributed by atoms with van der Waals surface area (Å²) < 4.78 is 0. The molecule has 0 radical (unpaired) electrons. The van der Waals surface area contributed by atoms with Gasteiger partial charge in [0.25, 0.3) is 0 Å². The number of aromatic nitrogens is 1. The Hall–Kier alpha value is -1.82. The van der Waals surface area contributed by atoms with Crippen LogP contribution in [0.2, 0.25) is 0 Å². The SMILES string of the molecule is CCNC(=NCc1ccnc(N2CCN(C)CC2)c1)NC1CCC(C)CC1. The molecule has 0 unspecified atom stereocenters. The molecule has 0 atom stereocenters. The van der Waals surface area contributed by atoms with E-state index in [1.807, 2.05) is 6.20 Å². The van der Waals surface area contributed by atoms with Gasteiger partial charge in [0.05, 0.1) is 6.54 Å². The van der Waals surface area contributed by atoms with Gasteiger partial charge >= 0.3 is 0 Å². The number of guanidine groups is 1. The maximum absolute atomic E-state index is 4.84. The monoisotopic (exact) mass is 372 g/mol. The van der Waals surface area contributed by atoms with Crippen LogP contribution in [0.25, 0.3) is 0 Å². The second kappa shape index (κ2) is 9.93. The number of rotatable bonds is 5. The van der Waals surface area contributed by atoms with Crippen molar-refractivity contribution in [2.45, 2.75) is 52.1 Å². The van der Waals surface area contributed by atoms with Crippen molar-refractivity contribution in [3.8, 4) is 0 Å². The number of hydrogen-bond donors (Lipinski definition) is 2. The Morgan fingerprint density at radius 3 is 2.63 bits per heavy atom. The van der Waals surface area contributed by atoms with E-state index in [9.17, 15) is 0 Å². The third kappa shape index (κ3) is 6.09. The summed E-state index contributed by atoms with van der Waals surface area (Å²) in [6.45, 7) is 10.3. The van der Waals surface area contributed by atoms with Gasteiger partial charge in [-0.05, 0) is 63.3 Å². The van der Waals surface area contributed by atoms with Crippen molar-refractivity contribution in [3.05, 3.63) is 23.9 Å². The van der Waals surface area contributed by atoms with Crippen LogP contribution in [0, 0.1) is 5.92 Å². The van der Waals surface area contributed by atoms with E-state index in [-0.39, 0.29) is 0 Å². The average Bonchev–Trinajstić information content (AvgIpc) is 2.69. The van der Waals surface area contributed by atoms with E-state index < -0.39 is 0 Å². The van der Waals surface area contributed by atoms with Crippen molar-refractivity contribution in [1.82, 2.24) is 20.5 Å². The van der Waals surface area contributed by atoms with E-state index >= 15 is 0 Å². The number of anilines is 1. The first kappa shape index (κ1) is 19.9. The van der Waals surface area contributed by atoms with Gasteiger partial charge in [-0.25, -0.2) is 9.98 Å². The van der Waals surface area contributed by atoms with Gasteiger partial charge in [-0.2, -0.15) is 0 Å². The molecule has 1 aromatic rings. The smallest absolute Gasteiger partial charge is 0.191 e. The number of hydrogen-bond acceptors (Lipinski definition) is 4. The molecule has 2 heterocycles. The largest absolute Gasteiger partial charge is 0.357 e. The van der Waals surface area contributed by atoms with Crippen LogP contribution in [0.4, 0.5) is 5.82 Å². The normalized spacial score (nSPS) is 24.7. The lowest BCUT2D eigenvalue weighted by Crippen LogP contribution is -2.45. The molecule has 1 saturated carbocycles. The molecule has 150 valence electrons. The van der Waals surface area contributed by atoms with Gasteiger partial charge in [0.1, 0.15) is 5.82 Å². The molecule has 0 amide bonds. The van der Waals surface area contributed by atoms with Gasteiger partial charge in [0, 0.05) is 45.0 Å². The van der Waals surface area contributed by atoms with Crippen molar-refractivity contribution in [2.24, 2.45) is 10.9 Å². The Kier molecular flexibility index (Phi) is 7.33. The number of piperazine rings is 1. The molecule has 6 heteroatoms. The molecule has 3 rings (SSSR count). The Balaban J connectivity index is 1.59. The van der Waals surface area contributed by atoms with Crippen LogP contribution in [0.3, 0.4) is 0 Å². The van der Waals surface area contributed by atoms with Crippen molar-refractivity contribution in [2.75, 3.05) is 44.7 Å². The molecule has 1 aromatic heterocycles. The zero-order chi connectivity index (χ0) is 19.1. The number of likely N-dealkylation sites (N-methyl/N-ethyl adjacent to an activating group) is 1. The second-order valence-electron chi connectivity index (χ2n) is 8.11. The maximum Gasteiger partial charge on any atom is 0.191 e. The van der Waals surface area contributed by atoms with Gasteiger partial charge in [0.15, 0.2) is 5.96 Å². The molecule has 2 fully saturated rings. The summed E-state index contributed by atoms with van der Waals surface area (Å²) in [6, 6.07) is 4.83. The van der Waals surface area contributed by atoms with Crippen LogP contribution in [0.1, 0.15) is 45.1 Å². The molecule has 0 bridgehead atoms. The van der Waals surface area contributed by atoms with Crippen molar-refractivity contribution >= 4 is 11.8 Å². The zero-order valence-corrected chi connectivity index (χ0v) is 17.2. The van der Waals surface area contributed by atoms with Gasteiger partial charge in [0.2, 0.25) is 0 Å². The topological polar surface area (TPSA) is 55.8 Å². The van der Waals surface area contributed by atoms with Gasteiger partial charge in [-0.15, -0.1) is 0 Å². The highest BCUT2D eigenvalue weighted by Crippen LogP contribution is 2.23. The van der Waals surface area contributed by atoms with Crippen molar-refractivity contribution < 1.29 is 0 Å². The molecule has 2 N–H and O–H groups in total. The second-order valence-corrected chi connectivity index (χ2v) is 8.11. The van der Waals surface area contributed by atoms with Gasteiger partial charge in [-0.1, -0.05) is 6.92 Å². The Bertz CT molecular complexity index is 600. The van der Waals surface area contributed by atoms with E-state index in [4.69, 9.17) is 4.99 Å². The van der Waals surface area contributed by atoms with Crippen LogP contribution in [0.15, 0.2) is 23.3 Å². The Labute approximate surface area is 164 Å². The highest BCUT2D eigenvalue weighted by Gasteiger charge is 2.19. The summed E-state index contributed by atoms with van der Waals surface area (Å²) in [5.41, 5.74) is 1.22. The van der Waals surface area contributed by atoms with Crippen LogP contribution >= 0.6 is 0 Å². The van der Waals surface area contributed by atoms with E-state index in [0.717, 1.165) is 50.4 Å². The van der Waals surface area contributed by atoms with Crippen LogP contribution in [-0.2, 0) is 6.54 Å². The van der Waals surface area contributed by atoms with E-state index in [0.29, 0.717) is 12.6 Å². The highest BCUT2D eigenvalue weighted by molar-refractivity contribution is 5.80. The lowest BCUT2D eigenvalue weighted by Gasteiger charge is -2.33. The molecule has 0 spiro atoms. The molecule has 1 aliphatic heterocycles. The van der Waals surface area contributed by atoms with Crippen molar-refractivity contribution in [1.29, 1.82) is 0 Å².